The molecule has 1 aliphatic rings. The highest BCUT2D eigenvalue weighted by atomic mass is 16.5. The van der Waals surface area contributed by atoms with Crippen molar-refractivity contribution in [3.63, 3.8) is 0 Å². The van der Waals surface area contributed by atoms with Crippen molar-refractivity contribution in [2.24, 2.45) is 5.92 Å². The van der Waals surface area contributed by atoms with Crippen molar-refractivity contribution in [2.75, 3.05) is 40.5 Å². The number of carbonyl (C=O) groups excluding carboxylic acids is 1. The summed E-state index contributed by atoms with van der Waals surface area (Å²) in [6.45, 7) is 9.28. The van der Waals surface area contributed by atoms with Crippen molar-refractivity contribution in [1.29, 1.82) is 0 Å². The lowest BCUT2D eigenvalue weighted by atomic mass is 9.99. The molecule has 0 spiro atoms. The molecule has 5 nitrogen and oxygen atoms in total. The third-order valence-corrected chi connectivity index (χ3v) is 4.38. The Balaban J connectivity index is 2.75. The van der Waals surface area contributed by atoms with Crippen molar-refractivity contribution in [3.05, 3.63) is 0 Å². The fourth-order valence-corrected chi connectivity index (χ4v) is 2.74. The van der Waals surface area contributed by atoms with Gasteiger partial charge in [0.2, 0.25) is 0 Å². The monoisotopic (exact) mass is 300 g/mol. The van der Waals surface area contributed by atoms with Crippen LogP contribution in [0.3, 0.4) is 0 Å². The summed E-state index contributed by atoms with van der Waals surface area (Å²) in [4.78, 5) is 14.6. The average molecular weight is 300 g/mol. The normalized spacial score (nSPS) is 19.3. The summed E-state index contributed by atoms with van der Waals surface area (Å²) in [6, 6.07) is 0.479. The predicted octanol–water partition coefficient (Wildman–Crippen LogP) is 1.66. The minimum Gasteiger partial charge on any atom is -0.468 e. The van der Waals surface area contributed by atoms with Crippen molar-refractivity contribution < 1.29 is 14.3 Å². The van der Waals surface area contributed by atoms with Crippen LogP contribution in [0.25, 0.3) is 0 Å². The Kier molecular flexibility index (Phi) is 7.63. The predicted molar refractivity (Wildman–Crippen MR) is 84.3 cm³/mol. The molecule has 1 rings (SSSR count). The van der Waals surface area contributed by atoms with Gasteiger partial charge in [-0.1, -0.05) is 6.92 Å². The number of hydrogen-bond donors (Lipinski definition) is 1. The molecule has 0 aromatic carbocycles. The smallest absolute Gasteiger partial charge is 0.327 e. The number of nitrogens with one attached hydrogen (secondary N) is 1. The van der Waals surface area contributed by atoms with Gasteiger partial charge in [-0.3, -0.25) is 9.69 Å². The van der Waals surface area contributed by atoms with Gasteiger partial charge in [-0.05, 0) is 45.6 Å². The second-order valence-corrected chi connectivity index (χ2v) is 6.29. The third kappa shape index (κ3) is 5.57. The molecule has 0 amide bonds. The molecule has 1 fully saturated rings. The van der Waals surface area contributed by atoms with E-state index in [0.717, 1.165) is 25.4 Å². The first-order chi connectivity index (χ1) is 9.98. The molecular formula is C16H32N2O3. The molecular weight excluding hydrogens is 268 g/mol. The summed E-state index contributed by atoms with van der Waals surface area (Å²) in [5.74, 6) is 0.566. The molecule has 0 saturated heterocycles. The molecule has 0 aromatic rings. The van der Waals surface area contributed by atoms with Gasteiger partial charge in [-0.15, -0.1) is 0 Å². The molecule has 2 unspecified atom stereocenters. The summed E-state index contributed by atoms with van der Waals surface area (Å²) in [5.41, 5.74) is -0.665. The lowest BCUT2D eigenvalue weighted by molar-refractivity contribution is -0.149. The number of hydrogen-bond acceptors (Lipinski definition) is 5. The van der Waals surface area contributed by atoms with Crippen molar-refractivity contribution >= 4 is 5.97 Å². The van der Waals surface area contributed by atoms with Crippen LogP contribution in [-0.4, -0.2) is 62.9 Å². The molecule has 1 aliphatic carbocycles. The van der Waals surface area contributed by atoms with Gasteiger partial charge in [0.25, 0.3) is 0 Å². The maximum absolute atomic E-state index is 12.2. The van der Waals surface area contributed by atoms with Gasteiger partial charge >= 0.3 is 5.97 Å². The molecule has 1 saturated carbocycles. The fourth-order valence-electron chi connectivity index (χ4n) is 2.74. The van der Waals surface area contributed by atoms with Crippen LogP contribution >= 0.6 is 0 Å². The van der Waals surface area contributed by atoms with Gasteiger partial charge in [0.15, 0.2) is 0 Å². The highest BCUT2D eigenvalue weighted by molar-refractivity contribution is 5.80. The number of carbonyl (C=O) groups is 1. The Morgan fingerprint density at radius 2 is 2.10 bits per heavy atom. The number of rotatable bonds is 11. The third-order valence-electron chi connectivity index (χ3n) is 4.38. The Labute approximate surface area is 129 Å². The van der Waals surface area contributed by atoms with Crippen molar-refractivity contribution in [2.45, 2.75) is 51.6 Å². The highest BCUT2D eigenvalue weighted by Crippen LogP contribution is 2.35. The standard InChI is InChI=1S/C16H32N2O3/c1-6-9-17-16(3,15(19)21-5)12-18(10-11-20-4)13(2)14-7-8-14/h13-14,17H,6-12H2,1-5H3. The van der Waals surface area contributed by atoms with E-state index < -0.39 is 5.54 Å². The molecule has 0 radical (unpaired) electrons. The molecule has 2 atom stereocenters. The topological polar surface area (TPSA) is 50.8 Å². The van der Waals surface area contributed by atoms with Gasteiger partial charge in [0, 0.05) is 26.2 Å². The minimum atomic E-state index is -0.665. The van der Waals surface area contributed by atoms with Gasteiger partial charge in [-0.2, -0.15) is 0 Å². The van der Waals surface area contributed by atoms with E-state index in [0.29, 0.717) is 19.2 Å². The summed E-state index contributed by atoms with van der Waals surface area (Å²) >= 11 is 0. The Morgan fingerprint density at radius 3 is 2.57 bits per heavy atom. The van der Waals surface area contributed by atoms with Crippen molar-refractivity contribution in [1.82, 2.24) is 10.2 Å². The lowest BCUT2D eigenvalue weighted by Crippen LogP contribution is -2.59. The van der Waals surface area contributed by atoms with Crippen LogP contribution in [-0.2, 0) is 14.3 Å². The van der Waals surface area contributed by atoms with E-state index in [4.69, 9.17) is 9.47 Å². The van der Waals surface area contributed by atoms with Gasteiger partial charge in [-0.25, -0.2) is 0 Å². The molecule has 0 heterocycles. The Bertz CT molecular complexity index is 321. The zero-order valence-corrected chi connectivity index (χ0v) is 14.3. The van der Waals surface area contributed by atoms with Crippen LogP contribution in [0.4, 0.5) is 0 Å². The first kappa shape index (κ1) is 18.4. The van der Waals surface area contributed by atoms with Crippen LogP contribution in [0.15, 0.2) is 0 Å². The number of ether oxygens (including phenoxy) is 2. The SMILES string of the molecule is CCCNC(C)(CN(CCOC)C(C)C1CC1)C(=O)OC. The van der Waals surface area contributed by atoms with Gasteiger partial charge in [0.05, 0.1) is 13.7 Å². The summed E-state index contributed by atoms with van der Waals surface area (Å²) in [5, 5.41) is 3.36. The molecule has 0 aromatic heterocycles. The zero-order valence-electron chi connectivity index (χ0n) is 14.3. The molecule has 0 aliphatic heterocycles. The largest absolute Gasteiger partial charge is 0.468 e. The molecule has 1 N–H and O–H groups in total. The van der Waals surface area contributed by atoms with E-state index in [1.807, 2.05) is 6.92 Å². The van der Waals surface area contributed by atoms with Crippen LogP contribution < -0.4 is 5.32 Å². The van der Waals surface area contributed by atoms with Crippen LogP contribution in [0.2, 0.25) is 0 Å². The van der Waals surface area contributed by atoms with E-state index in [2.05, 4.69) is 24.1 Å². The van der Waals surface area contributed by atoms with Crippen LogP contribution in [0.5, 0.6) is 0 Å². The Hall–Kier alpha value is -0.650. The Morgan fingerprint density at radius 1 is 1.43 bits per heavy atom. The van der Waals surface area contributed by atoms with E-state index in [1.165, 1.54) is 20.0 Å². The van der Waals surface area contributed by atoms with Crippen molar-refractivity contribution in [3.8, 4) is 0 Å². The lowest BCUT2D eigenvalue weighted by Gasteiger charge is -2.37. The highest BCUT2D eigenvalue weighted by Gasteiger charge is 2.39. The van der Waals surface area contributed by atoms with Gasteiger partial charge < -0.3 is 14.8 Å². The summed E-state index contributed by atoms with van der Waals surface area (Å²) in [6.07, 6.45) is 3.58. The number of esters is 1. The molecule has 0 bridgehead atoms. The van der Waals surface area contributed by atoms with Crippen LogP contribution in [0.1, 0.15) is 40.0 Å². The van der Waals surface area contributed by atoms with E-state index >= 15 is 0 Å². The van der Waals surface area contributed by atoms with E-state index in [1.54, 1.807) is 7.11 Å². The van der Waals surface area contributed by atoms with Crippen LogP contribution in [0, 0.1) is 5.92 Å². The minimum absolute atomic E-state index is 0.193. The van der Waals surface area contributed by atoms with Gasteiger partial charge in [0.1, 0.15) is 5.54 Å². The second-order valence-electron chi connectivity index (χ2n) is 6.29. The zero-order chi connectivity index (χ0) is 15.9. The first-order valence-electron chi connectivity index (χ1n) is 8.05. The summed E-state index contributed by atoms with van der Waals surface area (Å²) < 4.78 is 10.2. The first-order valence-corrected chi connectivity index (χ1v) is 8.05. The molecule has 5 heteroatoms. The van der Waals surface area contributed by atoms with E-state index in [-0.39, 0.29) is 5.97 Å². The maximum atomic E-state index is 12.2. The second kappa shape index (κ2) is 8.71. The molecule has 124 valence electrons. The number of methoxy groups -OCH3 is 2. The maximum Gasteiger partial charge on any atom is 0.327 e. The summed E-state index contributed by atoms with van der Waals surface area (Å²) in [7, 11) is 3.17. The number of nitrogens with zero attached hydrogens (tertiary/aromatic N) is 1. The quantitative estimate of drug-likeness (QED) is 0.588. The molecule has 21 heavy (non-hydrogen) atoms. The fraction of sp³-hybridized carbons (Fsp3) is 0.938. The average Bonchev–Trinajstić information content (AvgIpc) is 3.32. The van der Waals surface area contributed by atoms with E-state index in [9.17, 15) is 4.79 Å².